The van der Waals surface area contributed by atoms with Gasteiger partial charge in [0, 0.05) is 64.5 Å². The number of carbonyl (C=O) groups excluding carboxylic acids is 7. The number of rotatable bonds is 30. The van der Waals surface area contributed by atoms with Crippen molar-refractivity contribution in [3.63, 3.8) is 0 Å². The van der Waals surface area contributed by atoms with E-state index in [2.05, 4.69) is 21.4 Å². The molecule has 6 N–H and O–H groups in total. The lowest BCUT2D eigenvalue weighted by Crippen LogP contribution is -2.46. The van der Waals surface area contributed by atoms with Gasteiger partial charge in [0.15, 0.2) is 5.78 Å². The second-order valence-electron chi connectivity index (χ2n) is 14.7. The number of carbonyl (C=O) groups is 7. The molecule has 0 aliphatic carbocycles. The third-order valence-electron chi connectivity index (χ3n) is 9.58. The average Bonchev–Trinajstić information content (AvgIpc) is 3.16. The molecule has 0 unspecified atom stereocenters. The number of primary amides is 1. The van der Waals surface area contributed by atoms with Gasteiger partial charge in [0.25, 0.3) is 0 Å². The molecule has 2 rings (SSSR count). The molecule has 0 aliphatic heterocycles. The van der Waals surface area contributed by atoms with Crippen molar-refractivity contribution in [2.24, 2.45) is 17.6 Å². The smallest absolute Gasteiger partial charge is 0.312 e. The molecule has 0 bridgehead atoms. The molecule has 0 fully saturated rings. The zero-order chi connectivity index (χ0) is 41.1. The van der Waals surface area contributed by atoms with Gasteiger partial charge in [-0.2, -0.15) is 0 Å². The second kappa shape index (κ2) is 27.6. The van der Waals surface area contributed by atoms with Crippen LogP contribution in [0.2, 0.25) is 0 Å². The van der Waals surface area contributed by atoms with Crippen LogP contribution >= 0.6 is 0 Å². The summed E-state index contributed by atoms with van der Waals surface area (Å²) in [6, 6.07) is 15.4. The second-order valence-corrected chi connectivity index (χ2v) is 14.7. The molecule has 0 aromatic heterocycles. The highest BCUT2D eigenvalue weighted by Gasteiger charge is 2.29. The normalized spacial score (nSPS) is 12.0. The van der Waals surface area contributed by atoms with Crippen molar-refractivity contribution in [2.45, 2.75) is 129 Å². The number of Topliss-reactive ketones (excluding diaryl/α,β-unsaturated/α-hetero) is 3. The van der Waals surface area contributed by atoms with Crippen LogP contribution in [-0.2, 0) is 53.1 Å². The lowest BCUT2D eigenvalue weighted by atomic mass is 9.88. The fourth-order valence-electron chi connectivity index (χ4n) is 6.20. The van der Waals surface area contributed by atoms with Crippen molar-refractivity contribution in [3.8, 4) is 0 Å². The highest BCUT2D eigenvalue weighted by atomic mass is 16.6. The Bertz CT molecular complexity index is 1530. The van der Waals surface area contributed by atoms with Gasteiger partial charge >= 0.3 is 6.03 Å². The average molecular weight is 778 g/mol. The van der Waals surface area contributed by atoms with Crippen LogP contribution in [0.5, 0.6) is 0 Å². The van der Waals surface area contributed by atoms with Gasteiger partial charge in [0.1, 0.15) is 11.6 Å². The Labute approximate surface area is 332 Å². The molecule has 0 aliphatic rings. The van der Waals surface area contributed by atoms with Crippen molar-refractivity contribution in [1.29, 1.82) is 0 Å². The molecule has 13 heteroatoms. The van der Waals surface area contributed by atoms with Gasteiger partial charge in [-0.15, -0.1) is 0 Å². The van der Waals surface area contributed by atoms with Crippen molar-refractivity contribution >= 4 is 41.1 Å². The van der Waals surface area contributed by atoms with Gasteiger partial charge in [0.2, 0.25) is 17.7 Å². The summed E-state index contributed by atoms with van der Waals surface area (Å²) in [6.45, 7) is 4.12. The molecular weight excluding hydrogens is 714 g/mol. The monoisotopic (exact) mass is 777 g/mol. The quantitative estimate of drug-likeness (QED) is 0.0515. The van der Waals surface area contributed by atoms with Gasteiger partial charge < -0.3 is 21.7 Å². The summed E-state index contributed by atoms with van der Waals surface area (Å²) in [5, 5.41) is 7.97. The maximum atomic E-state index is 13.5. The van der Waals surface area contributed by atoms with Crippen LogP contribution in [0.15, 0.2) is 54.6 Å². The fourth-order valence-corrected chi connectivity index (χ4v) is 6.20. The standard InChI is InChI=1S/C43H63N5O8/c1-31(2)37(29-36(50)18-11-7-13-20-40(52)45-3)42(54)47-38(19-14-26-46-43(44)55)39(51)28-33-22-24-34(25-23-33)30-56-48-41(53)21-12-5-4-10-17-35(49)27-32-15-8-6-9-16-32/h6,8-9,15-16,22-25,31,37-38H,4-5,7,10-14,17-21,26-30H2,1-3H3,(H,45,52)(H,47,54)(H,48,53)(H3,44,46,55)/t37-,38-/m0/s1. The van der Waals surface area contributed by atoms with E-state index in [0.29, 0.717) is 57.8 Å². The Hall–Kier alpha value is -4.91. The van der Waals surface area contributed by atoms with Crippen molar-refractivity contribution < 1.29 is 38.4 Å². The van der Waals surface area contributed by atoms with Crippen molar-refractivity contribution in [2.75, 3.05) is 13.6 Å². The third-order valence-corrected chi connectivity index (χ3v) is 9.58. The Morgan fingerprint density at radius 3 is 1.86 bits per heavy atom. The minimum atomic E-state index is -0.835. The van der Waals surface area contributed by atoms with E-state index in [1.54, 1.807) is 31.3 Å². The summed E-state index contributed by atoms with van der Waals surface area (Å²) in [5.74, 6) is -1.39. The molecule has 308 valence electrons. The number of hydrogen-bond acceptors (Lipinski definition) is 8. The van der Waals surface area contributed by atoms with E-state index in [1.165, 1.54) is 0 Å². The fraction of sp³-hybridized carbons (Fsp3) is 0.558. The summed E-state index contributed by atoms with van der Waals surface area (Å²) in [5.41, 5.74) is 10.2. The number of unbranched alkanes of at least 4 members (excludes halogenated alkanes) is 5. The molecule has 0 spiro atoms. The molecule has 13 nitrogen and oxygen atoms in total. The zero-order valence-corrected chi connectivity index (χ0v) is 33.5. The van der Waals surface area contributed by atoms with Crippen LogP contribution < -0.4 is 27.2 Å². The number of benzene rings is 2. The lowest BCUT2D eigenvalue weighted by Gasteiger charge is -2.24. The van der Waals surface area contributed by atoms with Gasteiger partial charge in [0.05, 0.1) is 12.6 Å². The SMILES string of the molecule is CNC(=O)CCCCCC(=O)C[C@H](C(=O)N[C@@H](CCCNC(N)=O)C(=O)Cc1ccc(CONC(=O)CCCCCCC(=O)Cc2ccccc2)cc1)C(C)C. The number of nitrogens with two attached hydrogens (primary N) is 1. The predicted molar refractivity (Wildman–Crippen MR) is 215 cm³/mol. The lowest BCUT2D eigenvalue weighted by molar-refractivity contribution is -0.134. The molecule has 2 aromatic carbocycles. The van der Waals surface area contributed by atoms with E-state index in [4.69, 9.17) is 10.6 Å². The van der Waals surface area contributed by atoms with E-state index in [-0.39, 0.29) is 73.4 Å². The van der Waals surface area contributed by atoms with E-state index < -0.39 is 18.0 Å². The zero-order valence-electron chi connectivity index (χ0n) is 33.5. The summed E-state index contributed by atoms with van der Waals surface area (Å²) in [4.78, 5) is 92.2. The summed E-state index contributed by atoms with van der Waals surface area (Å²) in [7, 11) is 1.59. The van der Waals surface area contributed by atoms with Gasteiger partial charge in [-0.1, -0.05) is 87.7 Å². The maximum Gasteiger partial charge on any atom is 0.312 e. The Kier molecular flexibility index (Phi) is 23.3. The third kappa shape index (κ3) is 21.3. The summed E-state index contributed by atoms with van der Waals surface area (Å²) in [6.07, 6.45) is 8.14. The number of hydrogen-bond donors (Lipinski definition) is 5. The Morgan fingerprint density at radius 2 is 1.23 bits per heavy atom. The number of nitrogens with one attached hydrogen (secondary N) is 4. The van der Waals surface area contributed by atoms with Crippen LogP contribution in [0.25, 0.3) is 0 Å². The number of amides is 5. The first-order chi connectivity index (χ1) is 26.9. The maximum absolute atomic E-state index is 13.5. The topological polar surface area (TPSA) is 203 Å². The van der Waals surface area contributed by atoms with Gasteiger partial charge in [-0.05, 0) is 61.1 Å². The van der Waals surface area contributed by atoms with Gasteiger partial charge in [-0.25, -0.2) is 10.3 Å². The van der Waals surface area contributed by atoms with Crippen LogP contribution in [0, 0.1) is 11.8 Å². The highest BCUT2D eigenvalue weighted by Crippen LogP contribution is 2.20. The first kappa shape index (κ1) is 47.2. The molecule has 2 aromatic rings. The number of urea groups is 1. The Morgan fingerprint density at radius 1 is 0.661 bits per heavy atom. The summed E-state index contributed by atoms with van der Waals surface area (Å²) >= 11 is 0. The Balaban J connectivity index is 1.79. The van der Waals surface area contributed by atoms with E-state index in [0.717, 1.165) is 42.4 Å². The summed E-state index contributed by atoms with van der Waals surface area (Å²) < 4.78 is 0. The van der Waals surface area contributed by atoms with Gasteiger partial charge in [-0.3, -0.25) is 33.6 Å². The van der Waals surface area contributed by atoms with Crippen LogP contribution in [0.4, 0.5) is 4.79 Å². The number of hydroxylamine groups is 1. The molecule has 56 heavy (non-hydrogen) atoms. The van der Waals surface area contributed by atoms with E-state index >= 15 is 0 Å². The van der Waals surface area contributed by atoms with Crippen LogP contribution in [0.3, 0.4) is 0 Å². The molecule has 2 atom stereocenters. The predicted octanol–water partition coefficient (Wildman–Crippen LogP) is 5.36. The van der Waals surface area contributed by atoms with E-state index in [9.17, 15) is 33.6 Å². The minimum absolute atomic E-state index is 0.0350. The molecular formula is C43H63N5O8. The highest BCUT2D eigenvalue weighted by molar-refractivity contribution is 5.93. The molecule has 5 amide bonds. The van der Waals surface area contributed by atoms with Crippen LogP contribution in [-0.4, -0.2) is 60.7 Å². The number of ketones is 3. The molecule has 0 heterocycles. The van der Waals surface area contributed by atoms with Crippen molar-refractivity contribution in [3.05, 3.63) is 71.3 Å². The minimum Gasteiger partial charge on any atom is -0.359 e. The first-order valence-electron chi connectivity index (χ1n) is 20.0. The molecule has 0 saturated carbocycles. The molecule has 0 saturated heterocycles. The molecule has 0 radical (unpaired) electrons. The first-order valence-corrected chi connectivity index (χ1v) is 20.0. The largest absolute Gasteiger partial charge is 0.359 e. The van der Waals surface area contributed by atoms with E-state index in [1.807, 2.05) is 44.2 Å². The van der Waals surface area contributed by atoms with Crippen LogP contribution in [0.1, 0.15) is 120 Å². The van der Waals surface area contributed by atoms with Crippen molar-refractivity contribution in [1.82, 2.24) is 21.4 Å².